The Morgan fingerprint density at radius 2 is 2.15 bits per heavy atom. The van der Waals surface area contributed by atoms with Crippen LogP contribution in [-0.2, 0) is 0 Å². The van der Waals surface area contributed by atoms with Gasteiger partial charge in [-0.2, -0.15) is 0 Å². The topological polar surface area (TPSA) is 45.2 Å². The molecule has 0 amide bonds. The number of hydrogen-bond acceptors (Lipinski definition) is 6. The number of anilines is 1. The van der Waals surface area contributed by atoms with Crippen molar-refractivity contribution in [1.29, 1.82) is 0 Å². The van der Waals surface area contributed by atoms with Gasteiger partial charge in [0.2, 0.25) is 0 Å². The van der Waals surface area contributed by atoms with Crippen molar-refractivity contribution in [1.82, 2.24) is 19.9 Å². The summed E-state index contributed by atoms with van der Waals surface area (Å²) in [5, 5.41) is 0.917. The molecular formula is C18H20BrClFN5S. The van der Waals surface area contributed by atoms with Crippen molar-refractivity contribution in [3.63, 3.8) is 0 Å². The number of piperazine rings is 1. The molecule has 2 aromatic heterocycles. The van der Waals surface area contributed by atoms with Crippen molar-refractivity contribution in [3.8, 4) is 0 Å². The van der Waals surface area contributed by atoms with Crippen LogP contribution in [0, 0.1) is 5.82 Å². The van der Waals surface area contributed by atoms with Gasteiger partial charge in [0.1, 0.15) is 15.9 Å². The van der Waals surface area contributed by atoms with E-state index in [1.54, 1.807) is 0 Å². The highest BCUT2D eigenvalue weighted by atomic mass is 79.9. The number of halogens is 3. The average Bonchev–Trinajstić information content (AvgIpc) is 2.89. The van der Waals surface area contributed by atoms with Gasteiger partial charge in [-0.05, 0) is 41.6 Å². The molecule has 0 radical (unpaired) electrons. The van der Waals surface area contributed by atoms with Crippen LogP contribution in [0.5, 0.6) is 0 Å². The fourth-order valence-corrected chi connectivity index (χ4v) is 5.59. The van der Waals surface area contributed by atoms with Gasteiger partial charge in [-0.3, -0.25) is 4.90 Å². The number of hydrogen-bond donors (Lipinski definition) is 0. The molecule has 5 nitrogen and oxygen atoms in total. The largest absolute Gasteiger partial charge is 0.346 e. The third-order valence-electron chi connectivity index (χ3n) is 5.50. The van der Waals surface area contributed by atoms with Crippen LogP contribution in [0.4, 0.5) is 10.2 Å². The second-order valence-electron chi connectivity index (χ2n) is 6.84. The standard InChI is InChI=1S/C18H20BrClFN5S/c1-4-10-11-7-6-9(25(11)3)8-26(10)17-12-14(22-18(24-17)27-5-2)13(21)16(20)23-15(12)19/h4,9-11H,1,5-8H2,2-3H3/t9-,10+,11+/m1/s1. The number of thioether (sulfide) groups is 1. The third kappa shape index (κ3) is 3.14. The molecular weight excluding hydrogens is 453 g/mol. The summed E-state index contributed by atoms with van der Waals surface area (Å²) in [4.78, 5) is 18.0. The van der Waals surface area contributed by atoms with E-state index in [1.165, 1.54) is 11.8 Å². The Hall–Kier alpha value is -0.960. The maximum atomic E-state index is 14.8. The first-order valence-electron chi connectivity index (χ1n) is 8.92. The van der Waals surface area contributed by atoms with E-state index in [1.807, 2.05) is 13.0 Å². The lowest BCUT2D eigenvalue weighted by Crippen LogP contribution is -2.58. The molecule has 0 aromatic carbocycles. The minimum Gasteiger partial charge on any atom is -0.346 e. The Morgan fingerprint density at radius 3 is 2.85 bits per heavy atom. The summed E-state index contributed by atoms with van der Waals surface area (Å²) >= 11 is 10.9. The number of fused-ring (bicyclic) bond motifs is 3. The molecule has 0 unspecified atom stereocenters. The van der Waals surface area contributed by atoms with E-state index in [0.717, 1.165) is 25.1 Å². The average molecular weight is 473 g/mol. The van der Waals surface area contributed by atoms with Crippen molar-refractivity contribution in [2.24, 2.45) is 0 Å². The van der Waals surface area contributed by atoms with Crippen LogP contribution in [0.25, 0.3) is 10.9 Å². The van der Waals surface area contributed by atoms with E-state index in [0.29, 0.717) is 33.0 Å². The Kier molecular flexibility index (Phi) is 5.35. The van der Waals surface area contributed by atoms with Gasteiger partial charge in [-0.15, -0.1) is 6.58 Å². The van der Waals surface area contributed by atoms with Gasteiger partial charge in [-0.1, -0.05) is 36.4 Å². The molecule has 4 rings (SSSR count). The summed E-state index contributed by atoms with van der Waals surface area (Å²) in [6.45, 7) is 6.89. The van der Waals surface area contributed by atoms with Gasteiger partial charge in [-0.25, -0.2) is 19.3 Å². The quantitative estimate of drug-likeness (QED) is 0.282. The molecule has 4 heterocycles. The fourth-order valence-electron chi connectivity index (χ4n) is 4.21. The molecule has 2 bridgehead atoms. The predicted octanol–water partition coefficient (Wildman–Crippen LogP) is 4.53. The molecule has 9 heteroatoms. The van der Waals surface area contributed by atoms with Crippen molar-refractivity contribution >= 4 is 56.0 Å². The van der Waals surface area contributed by atoms with Crippen LogP contribution in [0.15, 0.2) is 22.4 Å². The summed E-state index contributed by atoms with van der Waals surface area (Å²) in [5.74, 6) is 0.885. The number of likely N-dealkylation sites (N-methyl/N-ethyl adjacent to an activating group) is 1. The van der Waals surface area contributed by atoms with Crippen molar-refractivity contribution < 1.29 is 4.39 Å². The van der Waals surface area contributed by atoms with Crippen LogP contribution in [0.2, 0.25) is 5.15 Å². The minimum atomic E-state index is -0.608. The van der Waals surface area contributed by atoms with Crippen molar-refractivity contribution in [3.05, 3.63) is 28.2 Å². The number of pyridine rings is 1. The molecule has 2 fully saturated rings. The van der Waals surface area contributed by atoms with E-state index >= 15 is 0 Å². The SMILES string of the molecule is C=C[C@H]1[C@@H]2CC[C@H](CN1c1nc(SCC)nc3c(F)c(Cl)nc(Br)c13)N2C. The highest BCUT2D eigenvalue weighted by Crippen LogP contribution is 2.41. The Labute approximate surface area is 175 Å². The smallest absolute Gasteiger partial charge is 0.190 e. The van der Waals surface area contributed by atoms with Crippen LogP contribution < -0.4 is 4.90 Å². The lowest BCUT2D eigenvalue weighted by atomic mass is 10.0. The van der Waals surface area contributed by atoms with Crippen LogP contribution in [-0.4, -0.2) is 57.3 Å². The number of rotatable bonds is 4. The fraction of sp³-hybridized carbons (Fsp3) is 0.500. The van der Waals surface area contributed by atoms with Gasteiger partial charge >= 0.3 is 0 Å². The van der Waals surface area contributed by atoms with Gasteiger partial charge in [0.05, 0.1) is 11.4 Å². The first kappa shape index (κ1) is 19.4. The molecule has 144 valence electrons. The highest BCUT2D eigenvalue weighted by Gasteiger charge is 2.44. The molecule has 2 aliphatic rings. The van der Waals surface area contributed by atoms with Gasteiger partial charge in [0, 0.05) is 18.6 Å². The van der Waals surface area contributed by atoms with Crippen LogP contribution >= 0.6 is 39.3 Å². The zero-order valence-corrected chi connectivity index (χ0v) is 18.3. The summed E-state index contributed by atoms with van der Waals surface area (Å²) in [7, 11) is 2.17. The number of nitrogens with zero attached hydrogens (tertiary/aromatic N) is 5. The monoisotopic (exact) mass is 471 g/mol. The van der Waals surface area contributed by atoms with Gasteiger partial charge in [0.25, 0.3) is 0 Å². The predicted molar refractivity (Wildman–Crippen MR) is 112 cm³/mol. The summed E-state index contributed by atoms with van der Waals surface area (Å²) in [6, 6.07) is 0.914. The van der Waals surface area contributed by atoms with E-state index in [2.05, 4.69) is 49.3 Å². The van der Waals surface area contributed by atoms with E-state index in [4.69, 9.17) is 16.6 Å². The van der Waals surface area contributed by atoms with Crippen molar-refractivity contribution in [2.75, 3.05) is 24.2 Å². The molecule has 2 aromatic rings. The van der Waals surface area contributed by atoms with E-state index in [-0.39, 0.29) is 16.7 Å². The maximum absolute atomic E-state index is 14.8. The first-order valence-corrected chi connectivity index (χ1v) is 11.1. The molecule has 27 heavy (non-hydrogen) atoms. The van der Waals surface area contributed by atoms with E-state index < -0.39 is 5.82 Å². The lowest BCUT2D eigenvalue weighted by molar-refractivity contribution is 0.189. The highest BCUT2D eigenvalue weighted by molar-refractivity contribution is 9.10. The van der Waals surface area contributed by atoms with Crippen molar-refractivity contribution in [2.45, 2.75) is 43.0 Å². The van der Waals surface area contributed by atoms with Crippen LogP contribution in [0.1, 0.15) is 19.8 Å². The molecule has 0 spiro atoms. The molecule has 0 N–H and O–H groups in total. The minimum absolute atomic E-state index is 0.0944. The lowest BCUT2D eigenvalue weighted by Gasteiger charge is -2.45. The molecule has 3 atom stereocenters. The Morgan fingerprint density at radius 1 is 1.37 bits per heavy atom. The summed E-state index contributed by atoms with van der Waals surface area (Å²) in [5.41, 5.74) is 0.205. The molecule has 0 saturated carbocycles. The Bertz CT molecular complexity index is 913. The van der Waals surface area contributed by atoms with E-state index in [9.17, 15) is 4.39 Å². The van der Waals surface area contributed by atoms with Gasteiger partial charge in [0.15, 0.2) is 16.1 Å². The zero-order valence-electron chi connectivity index (χ0n) is 15.1. The second kappa shape index (κ2) is 7.46. The first-order chi connectivity index (χ1) is 13.0. The second-order valence-corrected chi connectivity index (χ2v) is 9.18. The molecule has 2 aliphatic heterocycles. The maximum Gasteiger partial charge on any atom is 0.190 e. The molecule has 2 saturated heterocycles. The normalized spacial score (nSPS) is 25.4. The summed E-state index contributed by atoms with van der Waals surface area (Å²) < 4.78 is 15.3. The van der Waals surface area contributed by atoms with Crippen LogP contribution in [0.3, 0.4) is 0 Å². The zero-order chi connectivity index (χ0) is 19.3. The number of aromatic nitrogens is 3. The summed E-state index contributed by atoms with van der Waals surface area (Å²) in [6.07, 6.45) is 4.23. The molecule has 0 aliphatic carbocycles. The third-order valence-corrected chi connectivity index (χ3v) is 7.06. The van der Waals surface area contributed by atoms with Gasteiger partial charge < -0.3 is 4.90 Å². The Balaban J connectivity index is 1.95.